The zero-order valence-electron chi connectivity index (χ0n) is 12.0. The first-order valence-corrected chi connectivity index (χ1v) is 6.60. The summed E-state index contributed by atoms with van der Waals surface area (Å²) in [5, 5.41) is 0. The van der Waals surface area contributed by atoms with Crippen LogP contribution < -0.4 is 15.4 Å². The third-order valence-corrected chi connectivity index (χ3v) is 3.50. The number of benzene rings is 2. The Balaban J connectivity index is 2.43. The van der Waals surface area contributed by atoms with Crippen molar-refractivity contribution in [1.29, 1.82) is 0 Å². The number of hydrogen-bond donors (Lipinski definition) is 1. The summed E-state index contributed by atoms with van der Waals surface area (Å²) < 4.78 is 32.7. The first kappa shape index (κ1) is 15.3. The van der Waals surface area contributed by atoms with Crippen LogP contribution >= 0.6 is 0 Å². The average molecular weight is 292 g/mol. The van der Waals surface area contributed by atoms with Crippen LogP contribution in [0.4, 0.5) is 14.5 Å². The molecule has 2 aromatic carbocycles. The van der Waals surface area contributed by atoms with E-state index in [0.29, 0.717) is 5.75 Å². The topological polar surface area (TPSA) is 38.5 Å². The summed E-state index contributed by atoms with van der Waals surface area (Å²) in [5.74, 6) is -1.09. The molecule has 5 heteroatoms. The second-order valence-electron chi connectivity index (χ2n) is 4.68. The Labute approximate surface area is 122 Å². The van der Waals surface area contributed by atoms with Crippen molar-refractivity contribution in [3.63, 3.8) is 0 Å². The van der Waals surface area contributed by atoms with Gasteiger partial charge in [-0.05, 0) is 18.2 Å². The molecule has 1 unspecified atom stereocenters. The normalized spacial score (nSPS) is 12.0. The molecular formula is C16H18F2N2O. The van der Waals surface area contributed by atoms with E-state index in [9.17, 15) is 8.78 Å². The van der Waals surface area contributed by atoms with Gasteiger partial charge in [-0.25, -0.2) is 8.78 Å². The molecule has 0 amide bonds. The van der Waals surface area contributed by atoms with Crippen LogP contribution in [0.5, 0.6) is 5.75 Å². The van der Waals surface area contributed by atoms with E-state index >= 15 is 0 Å². The van der Waals surface area contributed by atoms with Crippen molar-refractivity contribution < 1.29 is 13.5 Å². The van der Waals surface area contributed by atoms with Crippen LogP contribution in [0.3, 0.4) is 0 Å². The molecule has 2 aromatic rings. The van der Waals surface area contributed by atoms with E-state index in [-0.39, 0.29) is 12.1 Å². The summed E-state index contributed by atoms with van der Waals surface area (Å²) in [6, 6.07) is 11.0. The molecule has 2 N–H and O–H groups in total. The zero-order valence-corrected chi connectivity index (χ0v) is 12.0. The molecule has 3 nitrogen and oxygen atoms in total. The summed E-state index contributed by atoms with van der Waals surface area (Å²) >= 11 is 0. The number of nitrogens with zero attached hydrogens (tertiary/aromatic N) is 1. The van der Waals surface area contributed by atoms with E-state index in [4.69, 9.17) is 10.5 Å². The summed E-state index contributed by atoms with van der Waals surface area (Å²) in [5.41, 5.74) is 6.77. The van der Waals surface area contributed by atoms with Crippen LogP contribution in [0.15, 0.2) is 42.5 Å². The van der Waals surface area contributed by atoms with Crippen molar-refractivity contribution in [3.05, 3.63) is 59.7 Å². The third-order valence-electron chi connectivity index (χ3n) is 3.50. The average Bonchev–Trinajstić information content (AvgIpc) is 2.51. The van der Waals surface area contributed by atoms with Crippen LogP contribution in [0.1, 0.15) is 11.6 Å². The lowest BCUT2D eigenvalue weighted by molar-refractivity contribution is 0.413. The van der Waals surface area contributed by atoms with Crippen molar-refractivity contribution in [2.75, 3.05) is 25.6 Å². The molecule has 0 spiro atoms. The Bertz CT molecular complexity index is 619. The number of halogens is 2. The van der Waals surface area contributed by atoms with Gasteiger partial charge >= 0.3 is 0 Å². The number of rotatable bonds is 5. The minimum Gasteiger partial charge on any atom is -0.495 e. The first-order chi connectivity index (χ1) is 10.1. The fourth-order valence-corrected chi connectivity index (χ4v) is 2.36. The van der Waals surface area contributed by atoms with E-state index in [1.807, 2.05) is 18.2 Å². The van der Waals surface area contributed by atoms with Crippen LogP contribution in [0, 0.1) is 11.6 Å². The number of para-hydroxylation sites is 2. The van der Waals surface area contributed by atoms with Crippen molar-refractivity contribution in [2.45, 2.75) is 6.04 Å². The minimum absolute atomic E-state index is 0.148. The predicted molar refractivity (Wildman–Crippen MR) is 79.6 cm³/mol. The maximum Gasteiger partial charge on any atom is 0.164 e. The molecule has 0 radical (unpaired) electrons. The lowest BCUT2D eigenvalue weighted by Gasteiger charge is -2.30. The van der Waals surface area contributed by atoms with Crippen molar-refractivity contribution in [1.82, 2.24) is 0 Å². The van der Waals surface area contributed by atoms with E-state index in [2.05, 4.69) is 0 Å². The fourth-order valence-electron chi connectivity index (χ4n) is 2.36. The summed E-state index contributed by atoms with van der Waals surface area (Å²) in [6.07, 6.45) is 0. The highest BCUT2D eigenvalue weighted by atomic mass is 19.2. The summed E-state index contributed by atoms with van der Waals surface area (Å²) in [7, 11) is 3.34. The van der Waals surface area contributed by atoms with Gasteiger partial charge in [0, 0.05) is 19.2 Å². The monoisotopic (exact) mass is 292 g/mol. The highest BCUT2D eigenvalue weighted by Crippen LogP contribution is 2.33. The lowest BCUT2D eigenvalue weighted by Crippen LogP contribution is -2.31. The molecule has 0 saturated carbocycles. The second-order valence-corrected chi connectivity index (χ2v) is 4.68. The fraction of sp³-hybridized carbons (Fsp3) is 0.250. The van der Waals surface area contributed by atoms with Crippen molar-refractivity contribution >= 4 is 5.69 Å². The maximum atomic E-state index is 14.0. The molecule has 21 heavy (non-hydrogen) atoms. The molecule has 0 aromatic heterocycles. The van der Waals surface area contributed by atoms with Crippen molar-refractivity contribution in [2.24, 2.45) is 5.73 Å². The Kier molecular flexibility index (Phi) is 4.75. The summed E-state index contributed by atoms with van der Waals surface area (Å²) in [6.45, 7) is 0.148. The van der Waals surface area contributed by atoms with Gasteiger partial charge in [0.1, 0.15) is 5.75 Å². The van der Waals surface area contributed by atoms with Gasteiger partial charge in [0.25, 0.3) is 0 Å². The Morgan fingerprint density at radius 1 is 1.14 bits per heavy atom. The predicted octanol–water partition coefficient (Wildman–Crippen LogP) is 3.11. The molecule has 0 aliphatic rings. The van der Waals surface area contributed by atoms with Gasteiger partial charge in [0.15, 0.2) is 11.6 Å². The van der Waals surface area contributed by atoms with E-state index < -0.39 is 17.7 Å². The molecule has 2 rings (SSSR count). The van der Waals surface area contributed by atoms with Crippen LogP contribution in [0.2, 0.25) is 0 Å². The Morgan fingerprint density at radius 3 is 2.52 bits per heavy atom. The molecule has 1 atom stereocenters. The van der Waals surface area contributed by atoms with Gasteiger partial charge in [-0.2, -0.15) is 0 Å². The molecule has 0 saturated heterocycles. The molecular weight excluding hydrogens is 274 g/mol. The molecule has 0 heterocycles. The Hall–Kier alpha value is -2.14. The minimum atomic E-state index is -0.876. The van der Waals surface area contributed by atoms with E-state index in [0.717, 1.165) is 11.8 Å². The van der Waals surface area contributed by atoms with Crippen LogP contribution in [0.25, 0.3) is 0 Å². The lowest BCUT2D eigenvalue weighted by atomic mass is 10.0. The maximum absolute atomic E-state index is 14.0. The number of nitrogens with two attached hydrogens (primary N) is 1. The Morgan fingerprint density at radius 2 is 1.86 bits per heavy atom. The van der Waals surface area contributed by atoms with Gasteiger partial charge < -0.3 is 15.4 Å². The molecule has 0 fully saturated rings. The number of likely N-dealkylation sites (N-methyl/N-ethyl adjacent to an activating group) is 1. The first-order valence-electron chi connectivity index (χ1n) is 6.60. The van der Waals surface area contributed by atoms with Gasteiger partial charge in [-0.3, -0.25) is 0 Å². The smallest absolute Gasteiger partial charge is 0.164 e. The quantitative estimate of drug-likeness (QED) is 0.920. The summed E-state index contributed by atoms with van der Waals surface area (Å²) in [4.78, 5) is 1.79. The van der Waals surface area contributed by atoms with Gasteiger partial charge in [0.05, 0.1) is 18.8 Å². The van der Waals surface area contributed by atoms with E-state index in [1.54, 1.807) is 31.2 Å². The molecule has 0 bridgehead atoms. The van der Waals surface area contributed by atoms with Crippen molar-refractivity contribution in [3.8, 4) is 5.75 Å². The highest BCUT2D eigenvalue weighted by Gasteiger charge is 2.23. The highest BCUT2D eigenvalue weighted by molar-refractivity contribution is 5.59. The number of ether oxygens (including phenoxy) is 1. The van der Waals surface area contributed by atoms with Gasteiger partial charge in [-0.15, -0.1) is 0 Å². The second kappa shape index (κ2) is 6.54. The van der Waals surface area contributed by atoms with Gasteiger partial charge in [0.2, 0.25) is 0 Å². The van der Waals surface area contributed by atoms with Gasteiger partial charge in [-0.1, -0.05) is 24.3 Å². The number of methoxy groups -OCH3 is 1. The number of anilines is 1. The molecule has 112 valence electrons. The molecule has 0 aliphatic heterocycles. The third kappa shape index (κ3) is 2.97. The standard InChI is InChI=1S/C16H18F2N2O/c1-20(13-8-3-4-9-15(13)21-2)14(10-19)11-6-5-7-12(17)16(11)18/h3-9,14H,10,19H2,1-2H3. The SMILES string of the molecule is COc1ccccc1N(C)C(CN)c1cccc(F)c1F. The molecule has 0 aliphatic carbocycles. The van der Waals surface area contributed by atoms with Crippen LogP contribution in [-0.2, 0) is 0 Å². The van der Waals surface area contributed by atoms with E-state index in [1.165, 1.54) is 6.07 Å². The van der Waals surface area contributed by atoms with Crippen LogP contribution in [-0.4, -0.2) is 20.7 Å². The largest absolute Gasteiger partial charge is 0.495 e. The number of hydrogen-bond acceptors (Lipinski definition) is 3. The zero-order chi connectivity index (χ0) is 15.4.